The van der Waals surface area contributed by atoms with E-state index in [1.54, 1.807) is 7.11 Å². The molecule has 13 heteroatoms. The van der Waals surface area contributed by atoms with E-state index in [0.717, 1.165) is 44.0 Å². The quantitative estimate of drug-likeness (QED) is 0.0508. The summed E-state index contributed by atoms with van der Waals surface area (Å²) in [4.78, 5) is 0.844. The summed E-state index contributed by atoms with van der Waals surface area (Å²) >= 11 is 0. The maximum atomic E-state index is 14.9. The Bertz CT molecular complexity index is 2810. The first-order chi connectivity index (χ1) is 38.3. The minimum absolute atomic E-state index is 0.212. The topological polar surface area (TPSA) is 109 Å². The zero-order chi connectivity index (χ0) is 54.9. The van der Waals surface area contributed by atoms with E-state index in [4.69, 9.17) is 47.1 Å². The summed E-state index contributed by atoms with van der Waals surface area (Å²) in [6.07, 6.45) is -1.45. The van der Waals surface area contributed by atoms with Crippen molar-refractivity contribution in [3.05, 3.63) is 191 Å². The third kappa shape index (κ3) is 13.7. The van der Waals surface area contributed by atoms with Crippen LogP contribution in [0, 0.1) is 20.8 Å². The van der Waals surface area contributed by atoms with Crippen molar-refractivity contribution < 1.29 is 51.3 Å². The smallest absolute Gasteiger partial charge is 0.261 e. The second kappa shape index (κ2) is 26.4. The minimum atomic E-state index is -2.89. The molecule has 4 heterocycles. The summed E-state index contributed by atoms with van der Waals surface area (Å²) in [6.45, 7) is 15.3. The van der Waals surface area contributed by atoms with Gasteiger partial charge in [0, 0.05) is 42.9 Å². The first-order valence-electron chi connectivity index (χ1n) is 28.4. The number of ether oxygens (including phenoxy) is 9. The van der Waals surface area contributed by atoms with Crippen LogP contribution in [0.15, 0.2) is 163 Å². The summed E-state index contributed by atoms with van der Waals surface area (Å²) in [5, 5.41) is 2.22. The van der Waals surface area contributed by atoms with Gasteiger partial charge in [-0.05, 0) is 83.4 Å². The van der Waals surface area contributed by atoms with Gasteiger partial charge in [0.15, 0.2) is 6.29 Å². The second-order valence-electron chi connectivity index (χ2n) is 22.9. The van der Waals surface area contributed by atoms with Crippen molar-refractivity contribution in [2.24, 2.45) is 0 Å². The standard InChI is InChI=1S/C66H80O11SSi/c1-45-36-46(2)64(47(3)37-45)78(67)44-63-61(40-59-58(76-63)38-56(70-42-49-22-14-9-15-23-49)54(73-59)32-34-69-41-48-20-12-8-13-21-48)75-57-39-60-62(43-71-65(77-60)50-28-30-51(68-7)31-29-50)74-55(57)33-35-72-79(66(4,5)6,52-24-16-10-17-25-52)53-26-18-11-19-27-53/h8-31,36-37,54-63,65H,32-35,38-44H2,1-7H3/t54-,55-,56+,57+,58-,59+,60-,61-,62+,63+,65+,78-/m0/s1. The van der Waals surface area contributed by atoms with E-state index >= 15 is 0 Å². The monoisotopic (exact) mass is 1110 g/mol. The predicted molar refractivity (Wildman–Crippen MR) is 311 cm³/mol. The summed E-state index contributed by atoms with van der Waals surface area (Å²) in [7, 11) is -2.64. The van der Waals surface area contributed by atoms with Gasteiger partial charge in [0.2, 0.25) is 0 Å². The van der Waals surface area contributed by atoms with E-state index in [9.17, 15) is 4.21 Å². The zero-order valence-electron chi connectivity index (χ0n) is 47.0. The van der Waals surface area contributed by atoms with Crippen LogP contribution in [0.1, 0.15) is 92.5 Å². The fraction of sp³-hybridized carbons (Fsp3) is 0.455. The van der Waals surface area contributed by atoms with Crippen molar-refractivity contribution in [3.63, 3.8) is 0 Å². The number of hydrogen-bond acceptors (Lipinski definition) is 11. The molecule has 0 aromatic heterocycles. The van der Waals surface area contributed by atoms with Gasteiger partial charge in [-0.3, -0.25) is 4.21 Å². The Morgan fingerprint density at radius 1 is 0.582 bits per heavy atom. The number of fused-ring (bicyclic) bond motifs is 2. The fourth-order valence-electron chi connectivity index (χ4n) is 12.4. The van der Waals surface area contributed by atoms with Crippen molar-refractivity contribution in [1.82, 2.24) is 0 Å². The molecule has 12 atom stereocenters. The summed E-state index contributed by atoms with van der Waals surface area (Å²) in [5.74, 6) is 1.01. The third-order valence-electron chi connectivity index (χ3n) is 16.2. The Morgan fingerprint density at radius 2 is 1.09 bits per heavy atom. The van der Waals surface area contributed by atoms with Gasteiger partial charge in [0.05, 0.1) is 98.4 Å². The lowest BCUT2D eigenvalue weighted by Gasteiger charge is -2.50. The van der Waals surface area contributed by atoms with Gasteiger partial charge in [-0.1, -0.05) is 172 Å². The Balaban J connectivity index is 0.948. The molecule has 0 spiro atoms. The number of aryl methyl sites for hydroxylation is 3. The number of rotatable bonds is 21. The van der Waals surface area contributed by atoms with Crippen LogP contribution in [0.25, 0.3) is 0 Å². The van der Waals surface area contributed by atoms with Crippen LogP contribution in [0.4, 0.5) is 0 Å². The van der Waals surface area contributed by atoms with Crippen LogP contribution >= 0.6 is 0 Å². The lowest BCUT2D eigenvalue weighted by molar-refractivity contribution is -0.317. The molecule has 10 rings (SSSR count). The van der Waals surface area contributed by atoms with Crippen LogP contribution in [-0.4, -0.2) is 106 Å². The molecule has 0 amide bonds. The Kier molecular flexibility index (Phi) is 19.1. The third-order valence-corrected chi connectivity index (χ3v) is 23.0. The molecule has 4 fully saturated rings. The highest BCUT2D eigenvalue weighted by Gasteiger charge is 2.52. The Labute approximate surface area is 472 Å². The van der Waals surface area contributed by atoms with Crippen molar-refractivity contribution in [3.8, 4) is 5.75 Å². The van der Waals surface area contributed by atoms with Crippen molar-refractivity contribution >= 4 is 29.5 Å². The first kappa shape index (κ1) is 57.4. The van der Waals surface area contributed by atoms with Gasteiger partial charge in [0.1, 0.15) is 11.9 Å². The van der Waals surface area contributed by atoms with Gasteiger partial charge in [-0.2, -0.15) is 0 Å². The van der Waals surface area contributed by atoms with Crippen LogP contribution in [0.2, 0.25) is 5.04 Å². The number of methoxy groups -OCH3 is 1. The average Bonchev–Trinajstić information content (AvgIpc) is 3.64. The maximum absolute atomic E-state index is 14.9. The second-order valence-corrected chi connectivity index (χ2v) is 28.6. The molecular weight excluding hydrogens is 1030 g/mol. The SMILES string of the molecule is COc1ccc([C@@H]2OC[C@H]3O[C@@H](CCO[Si](c4ccccc4)(c4ccccc4)C(C)(C)C)[C@H](O[C@H]4C[C@H]5O[C@@H](CCOCc6ccccc6)[C@H](OCc6ccccc6)C[C@@H]5O[C@@H]4C[S@](=O)c4c(C)cc(C)cc4C)C[C@@H]3O2)cc1. The van der Waals surface area contributed by atoms with Crippen molar-refractivity contribution in [2.45, 2.75) is 164 Å². The van der Waals surface area contributed by atoms with E-state index in [1.807, 2.05) is 60.7 Å². The van der Waals surface area contributed by atoms with Crippen LogP contribution in [0.3, 0.4) is 0 Å². The van der Waals surface area contributed by atoms with Crippen LogP contribution < -0.4 is 15.1 Å². The Hall–Kier alpha value is -4.87. The van der Waals surface area contributed by atoms with Crippen molar-refractivity contribution in [1.29, 1.82) is 0 Å². The molecule has 6 aromatic rings. The summed E-state index contributed by atoms with van der Waals surface area (Å²) in [5.41, 5.74) is 6.26. The van der Waals surface area contributed by atoms with E-state index in [-0.39, 0.29) is 47.4 Å². The Morgan fingerprint density at radius 3 is 1.68 bits per heavy atom. The van der Waals surface area contributed by atoms with Gasteiger partial charge < -0.3 is 47.1 Å². The number of benzene rings is 6. The van der Waals surface area contributed by atoms with Crippen LogP contribution in [0.5, 0.6) is 5.75 Å². The summed E-state index contributed by atoms with van der Waals surface area (Å²) in [6, 6.07) is 54.0. The minimum Gasteiger partial charge on any atom is -0.497 e. The molecule has 420 valence electrons. The number of hydrogen-bond donors (Lipinski definition) is 0. The first-order valence-corrected chi connectivity index (χ1v) is 31.6. The van der Waals surface area contributed by atoms with Crippen molar-refractivity contribution in [2.75, 3.05) is 32.7 Å². The van der Waals surface area contributed by atoms with Gasteiger partial charge in [-0.15, -0.1) is 0 Å². The van der Waals surface area contributed by atoms with Gasteiger partial charge in [-0.25, -0.2) is 0 Å². The molecule has 4 aliphatic heterocycles. The molecule has 11 nitrogen and oxygen atoms in total. The molecule has 0 saturated carbocycles. The molecule has 0 radical (unpaired) electrons. The van der Waals surface area contributed by atoms with E-state index < -0.39 is 49.8 Å². The molecule has 4 saturated heterocycles. The highest BCUT2D eigenvalue weighted by molar-refractivity contribution is 7.85. The molecule has 0 N–H and O–H groups in total. The van der Waals surface area contributed by atoms with Crippen LogP contribution in [-0.2, 0) is 66.3 Å². The predicted octanol–water partition coefficient (Wildman–Crippen LogP) is 11.2. The molecule has 0 bridgehead atoms. The van der Waals surface area contributed by atoms with E-state index in [1.165, 1.54) is 10.4 Å². The lowest BCUT2D eigenvalue weighted by atomic mass is 9.89. The van der Waals surface area contributed by atoms with Gasteiger partial charge in [0.25, 0.3) is 8.32 Å². The molecule has 0 unspecified atom stereocenters. The fourth-order valence-corrected chi connectivity index (χ4v) is 18.6. The molecular formula is C66H80O11SSi. The largest absolute Gasteiger partial charge is 0.497 e. The highest BCUT2D eigenvalue weighted by atomic mass is 32.2. The highest BCUT2D eigenvalue weighted by Crippen LogP contribution is 2.42. The lowest BCUT2D eigenvalue weighted by Crippen LogP contribution is -2.66. The van der Waals surface area contributed by atoms with E-state index in [2.05, 4.69) is 139 Å². The van der Waals surface area contributed by atoms with Gasteiger partial charge >= 0.3 is 0 Å². The molecule has 79 heavy (non-hydrogen) atoms. The molecule has 6 aromatic carbocycles. The normalized spacial score (nSPS) is 26.6. The molecule has 0 aliphatic carbocycles. The zero-order valence-corrected chi connectivity index (χ0v) is 48.9. The molecule has 4 aliphatic rings. The maximum Gasteiger partial charge on any atom is 0.261 e. The summed E-state index contributed by atoms with van der Waals surface area (Å²) < 4.78 is 83.4. The van der Waals surface area contributed by atoms with E-state index in [0.29, 0.717) is 65.1 Å². The average molecular weight is 1110 g/mol.